The van der Waals surface area contributed by atoms with Crippen molar-refractivity contribution in [2.75, 3.05) is 13.2 Å². The van der Waals surface area contributed by atoms with Gasteiger partial charge in [-0.2, -0.15) is 0 Å². The van der Waals surface area contributed by atoms with Crippen molar-refractivity contribution in [1.29, 1.82) is 0 Å². The van der Waals surface area contributed by atoms with Gasteiger partial charge >= 0.3 is 5.97 Å². The molecule has 1 rings (SSSR count). The average molecular weight is 355 g/mol. The minimum Gasteiger partial charge on any atom is -0.463 e. The number of epoxide rings is 1. The van der Waals surface area contributed by atoms with Crippen LogP contribution in [0, 0.1) is 0 Å². The van der Waals surface area contributed by atoms with E-state index >= 15 is 0 Å². The number of esters is 1. The Labute approximate surface area is 154 Å². The molecule has 1 fully saturated rings. The summed E-state index contributed by atoms with van der Waals surface area (Å²) in [6.07, 6.45) is 18.2. The molecule has 1 aliphatic rings. The lowest BCUT2D eigenvalue weighted by Crippen LogP contribution is -2.09. The summed E-state index contributed by atoms with van der Waals surface area (Å²) in [5.41, 5.74) is 0. The van der Waals surface area contributed by atoms with Gasteiger partial charge in [-0.25, -0.2) is 0 Å². The third kappa shape index (κ3) is 15.1. The Kier molecular flexibility index (Phi) is 13.6. The SMILES string of the molecule is CCCCCC[C@@H](O)C/C=C\CCCCCCCC(=O)OCC1CO1. The van der Waals surface area contributed by atoms with Gasteiger partial charge in [-0.1, -0.05) is 64.0 Å². The van der Waals surface area contributed by atoms with Crippen molar-refractivity contribution in [3.05, 3.63) is 12.2 Å². The van der Waals surface area contributed by atoms with Crippen LogP contribution in [0.25, 0.3) is 0 Å². The molecule has 25 heavy (non-hydrogen) atoms. The summed E-state index contributed by atoms with van der Waals surface area (Å²) >= 11 is 0. The largest absolute Gasteiger partial charge is 0.463 e. The summed E-state index contributed by atoms with van der Waals surface area (Å²) in [4.78, 5) is 11.4. The molecule has 1 aliphatic heterocycles. The van der Waals surface area contributed by atoms with E-state index in [1.54, 1.807) is 0 Å². The van der Waals surface area contributed by atoms with E-state index in [-0.39, 0.29) is 18.2 Å². The second-order valence-electron chi connectivity index (χ2n) is 7.16. The molecule has 0 aromatic rings. The van der Waals surface area contributed by atoms with Gasteiger partial charge in [-0.3, -0.25) is 4.79 Å². The number of hydrogen-bond acceptors (Lipinski definition) is 4. The number of carbonyl (C=O) groups excluding carboxylic acids is 1. The molecular formula is C21H38O4. The van der Waals surface area contributed by atoms with Gasteiger partial charge in [0, 0.05) is 6.42 Å². The number of carbonyl (C=O) groups is 1. The van der Waals surface area contributed by atoms with Gasteiger partial charge in [0.15, 0.2) is 0 Å². The van der Waals surface area contributed by atoms with Crippen molar-refractivity contribution in [2.45, 2.75) is 103 Å². The average Bonchev–Trinajstić information content (AvgIpc) is 3.43. The van der Waals surface area contributed by atoms with Crippen LogP contribution < -0.4 is 0 Å². The van der Waals surface area contributed by atoms with Gasteiger partial charge in [0.25, 0.3) is 0 Å². The lowest BCUT2D eigenvalue weighted by atomic mass is 10.1. The molecule has 0 saturated carbocycles. The lowest BCUT2D eigenvalue weighted by Gasteiger charge is -2.07. The molecule has 4 heteroatoms. The Morgan fingerprint density at radius 3 is 2.60 bits per heavy atom. The predicted molar refractivity (Wildman–Crippen MR) is 102 cm³/mol. The fraction of sp³-hybridized carbons (Fsp3) is 0.857. The van der Waals surface area contributed by atoms with Crippen LogP contribution in [0.15, 0.2) is 12.2 Å². The third-order valence-electron chi connectivity index (χ3n) is 4.55. The van der Waals surface area contributed by atoms with Crippen LogP contribution in [-0.4, -0.2) is 36.5 Å². The maximum absolute atomic E-state index is 11.4. The van der Waals surface area contributed by atoms with E-state index in [4.69, 9.17) is 9.47 Å². The Hall–Kier alpha value is -0.870. The predicted octanol–water partition coefficient (Wildman–Crippen LogP) is 4.94. The van der Waals surface area contributed by atoms with Gasteiger partial charge < -0.3 is 14.6 Å². The summed E-state index contributed by atoms with van der Waals surface area (Å²) in [7, 11) is 0. The molecule has 2 atom stereocenters. The number of aliphatic hydroxyl groups is 1. The van der Waals surface area contributed by atoms with E-state index in [9.17, 15) is 9.90 Å². The summed E-state index contributed by atoms with van der Waals surface area (Å²) in [6.45, 7) is 3.37. The summed E-state index contributed by atoms with van der Waals surface area (Å²) in [5, 5.41) is 9.87. The smallest absolute Gasteiger partial charge is 0.305 e. The molecule has 0 bridgehead atoms. The zero-order valence-corrected chi connectivity index (χ0v) is 16.1. The van der Waals surface area contributed by atoms with Crippen LogP contribution in [0.3, 0.4) is 0 Å². The molecule has 0 amide bonds. The van der Waals surface area contributed by atoms with Gasteiger partial charge in [0.05, 0.1) is 12.7 Å². The summed E-state index contributed by atoms with van der Waals surface area (Å²) in [5.74, 6) is -0.0910. The van der Waals surface area contributed by atoms with Crippen LogP contribution in [0.5, 0.6) is 0 Å². The second kappa shape index (κ2) is 15.4. The van der Waals surface area contributed by atoms with E-state index in [1.165, 1.54) is 38.5 Å². The number of ether oxygens (including phenoxy) is 2. The first-order valence-corrected chi connectivity index (χ1v) is 10.3. The molecule has 0 aromatic carbocycles. The van der Waals surface area contributed by atoms with E-state index in [2.05, 4.69) is 19.1 Å². The lowest BCUT2D eigenvalue weighted by molar-refractivity contribution is -0.144. The standard InChI is InChI=1S/C21H38O4/c1-2-3-4-11-14-19(22)15-12-9-7-5-6-8-10-13-16-21(23)25-18-20-17-24-20/h9,12,19-20,22H,2-8,10-11,13-18H2,1H3/b12-9-/t19-,20?/m1/s1. The van der Waals surface area contributed by atoms with Gasteiger partial charge in [0.2, 0.25) is 0 Å². The van der Waals surface area contributed by atoms with Crippen molar-refractivity contribution in [2.24, 2.45) is 0 Å². The van der Waals surface area contributed by atoms with Crippen molar-refractivity contribution >= 4 is 5.97 Å². The number of aliphatic hydroxyl groups excluding tert-OH is 1. The van der Waals surface area contributed by atoms with E-state index < -0.39 is 0 Å². The molecular weight excluding hydrogens is 316 g/mol. The second-order valence-corrected chi connectivity index (χ2v) is 7.16. The van der Waals surface area contributed by atoms with Crippen LogP contribution in [-0.2, 0) is 14.3 Å². The number of unbranched alkanes of at least 4 members (excludes halogenated alkanes) is 8. The molecule has 0 radical (unpaired) electrons. The fourth-order valence-electron chi connectivity index (χ4n) is 2.78. The minimum absolute atomic E-state index is 0.0910. The van der Waals surface area contributed by atoms with Crippen molar-refractivity contribution in [1.82, 2.24) is 0 Å². The summed E-state index contributed by atoms with van der Waals surface area (Å²) in [6, 6.07) is 0. The highest BCUT2D eigenvalue weighted by Crippen LogP contribution is 2.12. The molecule has 0 spiro atoms. The summed E-state index contributed by atoms with van der Waals surface area (Å²) < 4.78 is 10.1. The van der Waals surface area contributed by atoms with Crippen molar-refractivity contribution < 1.29 is 19.4 Å². The molecule has 1 saturated heterocycles. The zero-order valence-electron chi connectivity index (χ0n) is 16.1. The van der Waals surface area contributed by atoms with Crippen LogP contribution in [0.1, 0.15) is 90.4 Å². The monoisotopic (exact) mass is 354 g/mol. The molecule has 4 nitrogen and oxygen atoms in total. The highest BCUT2D eigenvalue weighted by molar-refractivity contribution is 5.69. The van der Waals surface area contributed by atoms with E-state index in [0.717, 1.165) is 45.1 Å². The first-order valence-electron chi connectivity index (χ1n) is 10.3. The van der Waals surface area contributed by atoms with Gasteiger partial charge in [-0.05, 0) is 32.1 Å². The molecule has 1 unspecified atom stereocenters. The maximum atomic E-state index is 11.4. The first-order chi connectivity index (χ1) is 12.2. The maximum Gasteiger partial charge on any atom is 0.305 e. The normalized spacial score (nSPS) is 17.8. The van der Waals surface area contributed by atoms with Crippen LogP contribution in [0.4, 0.5) is 0 Å². The molecule has 1 heterocycles. The van der Waals surface area contributed by atoms with Crippen LogP contribution in [0.2, 0.25) is 0 Å². The highest BCUT2D eigenvalue weighted by Gasteiger charge is 2.23. The third-order valence-corrected chi connectivity index (χ3v) is 4.55. The fourth-order valence-corrected chi connectivity index (χ4v) is 2.78. The Morgan fingerprint density at radius 2 is 1.84 bits per heavy atom. The Morgan fingerprint density at radius 1 is 1.12 bits per heavy atom. The van der Waals surface area contributed by atoms with Gasteiger partial charge in [-0.15, -0.1) is 0 Å². The van der Waals surface area contributed by atoms with Crippen molar-refractivity contribution in [3.8, 4) is 0 Å². The zero-order chi connectivity index (χ0) is 18.2. The molecule has 0 aromatic heterocycles. The number of hydrogen-bond donors (Lipinski definition) is 1. The number of rotatable bonds is 17. The molecule has 0 aliphatic carbocycles. The number of allylic oxidation sites excluding steroid dienone is 1. The van der Waals surface area contributed by atoms with E-state index in [0.29, 0.717) is 13.0 Å². The quantitative estimate of drug-likeness (QED) is 0.174. The first kappa shape index (κ1) is 22.2. The highest BCUT2D eigenvalue weighted by atomic mass is 16.6. The molecule has 1 N–H and O–H groups in total. The van der Waals surface area contributed by atoms with Crippen LogP contribution >= 0.6 is 0 Å². The molecule has 146 valence electrons. The Balaban J connectivity index is 1.78. The van der Waals surface area contributed by atoms with E-state index in [1.807, 2.05) is 0 Å². The topological polar surface area (TPSA) is 59.1 Å². The Bertz CT molecular complexity index is 350. The van der Waals surface area contributed by atoms with Crippen molar-refractivity contribution in [3.63, 3.8) is 0 Å². The minimum atomic E-state index is -0.167. The van der Waals surface area contributed by atoms with Gasteiger partial charge in [0.1, 0.15) is 12.7 Å².